The second-order valence-corrected chi connectivity index (χ2v) is 4.08. The summed E-state index contributed by atoms with van der Waals surface area (Å²) >= 11 is 0. The fourth-order valence-corrected chi connectivity index (χ4v) is 1.93. The zero-order valence-corrected chi connectivity index (χ0v) is 9.39. The summed E-state index contributed by atoms with van der Waals surface area (Å²) in [7, 11) is 0. The predicted octanol–water partition coefficient (Wildman–Crippen LogP) is 2.84. The Morgan fingerprint density at radius 2 is 2.19 bits per heavy atom. The third-order valence-electron chi connectivity index (χ3n) is 2.80. The molecule has 0 spiro atoms. The van der Waals surface area contributed by atoms with Crippen molar-refractivity contribution < 1.29 is 0 Å². The van der Waals surface area contributed by atoms with Gasteiger partial charge in [-0.05, 0) is 30.9 Å². The van der Waals surface area contributed by atoms with Crippen LogP contribution in [0.2, 0.25) is 0 Å². The van der Waals surface area contributed by atoms with E-state index in [4.69, 9.17) is 0 Å². The Hall–Kier alpha value is -1.62. The fraction of sp³-hybridized carbons (Fsp3) is 0.429. The van der Waals surface area contributed by atoms with Crippen molar-refractivity contribution in [3.63, 3.8) is 0 Å². The van der Waals surface area contributed by atoms with Gasteiger partial charge in [-0.15, -0.1) is 0 Å². The summed E-state index contributed by atoms with van der Waals surface area (Å²) in [5.74, 6) is 5.99. The summed E-state index contributed by atoms with van der Waals surface area (Å²) in [6.45, 7) is 0. The highest BCUT2D eigenvalue weighted by molar-refractivity contribution is 5.79. The molecule has 16 heavy (non-hydrogen) atoms. The van der Waals surface area contributed by atoms with Crippen LogP contribution in [0.15, 0.2) is 29.5 Å². The van der Waals surface area contributed by atoms with Crippen LogP contribution in [0.3, 0.4) is 0 Å². The molecule has 0 unspecified atom stereocenters. The van der Waals surface area contributed by atoms with Crippen molar-refractivity contribution >= 4 is 6.21 Å². The summed E-state index contributed by atoms with van der Waals surface area (Å²) in [5, 5.41) is 0. The maximum Gasteiger partial charge on any atom is 0.0718 e. The molecule has 2 rings (SSSR count). The minimum Gasteiger partial charge on any atom is -0.281 e. The van der Waals surface area contributed by atoms with Gasteiger partial charge < -0.3 is 0 Å². The second-order valence-electron chi connectivity index (χ2n) is 4.08. The standard InChI is InChI=1S/C14H16N2/c1-2-8-14(9-3-1)16-11-5-7-13-6-4-10-15-12-13/h4,6,10-12,14H,1-3,8-9H2. The number of hydrogen-bond acceptors (Lipinski definition) is 2. The van der Waals surface area contributed by atoms with Gasteiger partial charge in [-0.25, -0.2) is 0 Å². The summed E-state index contributed by atoms with van der Waals surface area (Å²) in [4.78, 5) is 8.49. The highest BCUT2D eigenvalue weighted by atomic mass is 14.8. The first kappa shape index (κ1) is 10.9. The lowest BCUT2D eigenvalue weighted by atomic mass is 9.96. The first-order valence-corrected chi connectivity index (χ1v) is 5.88. The van der Waals surface area contributed by atoms with Gasteiger partial charge in [-0.3, -0.25) is 9.98 Å². The molecule has 2 heteroatoms. The van der Waals surface area contributed by atoms with Crippen LogP contribution >= 0.6 is 0 Å². The Balaban J connectivity index is 1.86. The highest BCUT2D eigenvalue weighted by Crippen LogP contribution is 2.19. The molecule has 1 aliphatic rings. The predicted molar refractivity (Wildman–Crippen MR) is 66.5 cm³/mol. The Morgan fingerprint density at radius 3 is 2.94 bits per heavy atom. The van der Waals surface area contributed by atoms with Crippen molar-refractivity contribution in [3.05, 3.63) is 30.1 Å². The molecule has 1 aromatic rings. The van der Waals surface area contributed by atoms with Crippen LogP contribution in [0.4, 0.5) is 0 Å². The molecule has 1 saturated carbocycles. The first-order valence-electron chi connectivity index (χ1n) is 5.88. The van der Waals surface area contributed by atoms with Crippen molar-refractivity contribution in [3.8, 4) is 11.8 Å². The Kier molecular flexibility index (Phi) is 4.13. The van der Waals surface area contributed by atoms with Gasteiger partial charge in [-0.1, -0.05) is 25.2 Å². The average molecular weight is 212 g/mol. The maximum atomic E-state index is 4.48. The van der Waals surface area contributed by atoms with Crippen molar-refractivity contribution in [2.45, 2.75) is 38.1 Å². The van der Waals surface area contributed by atoms with Crippen molar-refractivity contribution in [2.75, 3.05) is 0 Å². The number of aromatic nitrogens is 1. The van der Waals surface area contributed by atoms with E-state index in [2.05, 4.69) is 21.8 Å². The van der Waals surface area contributed by atoms with Crippen molar-refractivity contribution in [2.24, 2.45) is 4.99 Å². The lowest BCUT2D eigenvalue weighted by Gasteiger charge is -2.16. The Morgan fingerprint density at radius 1 is 1.31 bits per heavy atom. The fourth-order valence-electron chi connectivity index (χ4n) is 1.93. The second kappa shape index (κ2) is 6.07. The number of rotatable bonds is 1. The molecule has 2 nitrogen and oxygen atoms in total. The summed E-state index contributed by atoms with van der Waals surface area (Å²) in [6, 6.07) is 4.36. The maximum absolute atomic E-state index is 4.48. The SMILES string of the molecule is C(#Cc1cccnc1)C=NC1CCCCC1. The van der Waals surface area contributed by atoms with Crippen molar-refractivity contribution in [1.29, 1.82) is 0 Å². The normalized spacial score (nSPS) is 17.0. The van der Waals surface area contributed by atoms with E-state index in [9.17, 15) is 0 Å². The van der Waals surface area contributed by atoms with E-state index in [1.165, 1.54) is 32.1 Å². The summed E-state index contributed by atoms with van der Waals surface area (Å²) in [6.07, 6.45) is 11.7. The van der Waals surface area contributed by atoms with Crippen LogP contribution in [0.5, 0.6) is 0 Å². The first-order chi connectivity index (χ1) is 7.95. The minimum atomic E-state index is 0.511. The molecule has 0 N–H and O–H groups in total. The molecule has 1 fully saturated rings. The molecule has 0 radical (unpaired) electrons. The Labute approximate surface area is 96.8 Å². The molecule has 0 atom stereocenters. The molecule has 0 bridgehead atoms. The molecule has 0 saturated heterocycles. The molecule has 1 aliphatic carbocycles. The van der Waals surface area contributed by atoms with Crippen LogP contribution in [0.1, 0.15) is 37.7 Å². The van der Waals surface area contributed by atoms with Crippen LogP contribution in [-0.4, -0.2) is 17.2 Å². The van der Waals surface area contributed by atoms with E-state index >= 15 is 0 Å². The van der Waals surface area contributed by atoms with Crippen molar-refractivity contribution in [1.82, 2.24) is 4.98 Å². The van der Waals surface area contributed by atoms with Crippen LogP contribution in [0.25, 0.3) is 0 Å². The Bertz CT molecular complexity index is 392. The lowest BCUT2D eigenvalue weighted by molar-refractivity contribution is 0.444. The lowest BCUT2D eigenvalue weighted by Crippen LogP contribution is -2.09. The molecule has 0 aromatic carbocycles. The highest BCUT2D eigenvalue weighted by Gasteiger charge is 2.09. The van der Waals surface area contributed by atoms with Gasteiger partial charge in [0.25, 0.3) is 0 Å². The minimum absolute atomic E-state index is 0.511. The molecular formula is C14H16N2. The number of nitrogens with zero attached hydrogens (tertiary/aromatic N) is 2. The van der Waals surface area contributed by atoms with Gasteiger partial charge >= 0.3 is 0 Å². The summed E-state index contributed by atoms with van der Waals surface area (Å²) in [5.41, 5.74) is 0.942. The van der Waals surface area contributed by atoms with E-state index in [0.717, 1.165) is 5.56 Å². The molecule has 0 aliphatic heterocycles. The molecule has 0 amide bonds. The van der Waals surface area contributed by atoms with Gasteiger partial charge in [0, 0.05) is 18.0 Å². The van der Waals surface area contributed by atoms with E-state index < -0.39 is 0 Å². The van der Waals surface area contributed by atoms with Crippen LogP contribution in [0, 0.1) is 11.8 Å². The summed E-state index contributed by atoms with van der Waals surface area (Å²) < 4.78 is 0. The molecule has 1 heterocycles. The zero-order chi connectivity index (χ0) is 11.1. The monoisotopic (exact) mass is 212 g/mol. The molecular weight excluding hydrogens is 196 g/mol. The average Bonchev–Trinajstić information content (AvgIpc) is 2.37. The van der Waals surface area contributed by atoms with Crippen LogP contribution in [-0.2, 0) is 0 Å². The van der Waals surface area contributed by atoms with Gasteiger partial charge in [0.15, 0.2) is 0 Å². The number of hydrogen-bond donors (Lipinski definition) is 0. The molecule has 1 aromatic heterocycles. The van der Waals surface area contributed by atoms with E-state index in [-0.39, 0.29) is 0 Å². The number of aliphatic imine (C=N–C) groups is 1. The third kappa shape index (κ3) is 3.51. The third-order valence-corrected chi connectivity index (χ3v) is 2.80. The van der Waals surface area contributed by atoms with Gasteiger partial charge in [0.05, 0.1) is 12.3 Å². The molecule has 82 valence electrons. The topological polar surface area (TPSA) is 25.2 Å². The van der Waals surface area contributed by atoms with Gasteiger partial charge in [0.2, 0.25) is 0 Å². The van der Waals surface area contributed by atoms with Gasteiger partial charge in [0.1, 0.15) is 0 Å². The van der Waals surface area contributed by atoms with Gasteiger partial charge in [-0.2, -0.15) is 0 Å². The number of pyridine rings is 1. The zero-order valence-electron chi connectivity index (χ0n) is 9.39. The smallest absolute Gasteiger partial charge is 0.0718 e. The van der Waals surface area contributed by atoms with Crippen LogP contribution < -0.4 is 0 Å². The van der Waals surface area contributed by atoms with E-state index in [0.29, 0.717) is 6.04 Å². The quantitative estimate of drug-likeness (QED) is 0.519. The largest absolute Gasteiger partial charge is 0.281 e. The van der Waals surface area contributed by atoms with E-state index in [1.807, 2.05) is 12.1 Å². The van der Waals surface area contributed by atoms with E-state index in [1.54, 1.807) is 18.6 Å².